The molecule has 0 amide bonds. The van der Waals surface area contributed by atoms with Crippen molar-refractivity contribution in [1.29, 1.82) is 0 Å². The largest absolute Gasteiger partial charge is 0.454 e. The number of hydrogen-bond acceptors (Lipinski definition) is 7. The molecule has 2 aromatic carbocycles. The second-order valence-electron chi connectivity index (χ2n) is 6.72. The molecule has 1 heterocycles. The zero-order chi connectivity index (χ0) is 22.5. The van der Waals surface area contributed by atoms with Gasteiger partial charge in [-0.2, -0.15) is 0 Å². The molecule has 1 aromatic heterocycles. The lowest BCUT2D eigenvalue weighted by molar-refractivity contribution is 0.0474. The highest BCUT2D eigenvalue weighted by Gasteiger charge is 2.23. The van der Waals surface area contributed by atoms with Gasteiger partial charge in [0, 0.05) is 12.6 Å². The van der Waals surface area contributed by atoms with Gasteiger partial charge in [0.15, 0.2) is 6.61 Å². The van der Waals surface area contributed by atoms with Gasteiger partial charge in [-0.05, 0) is 17.7 Å². The molecule has 0 aliphatic rings. The van der Waals surface area contributed by atoms with Crippen LogP contribution in [0.15, 0.2) is 64.2 Å². The fraction of sp³-hybridized carbons (Fsp3) is 0.136. The number of nitrogens with two attached hydrogens (primary N) is 1. The van der Waals surface area contributed by atoms with Gasteiger partial charge in [-0.1, -0.05) is 42.5 Å². The lowest BCUT2D eigenvalue weighted by atomic mass is 10.1. The summed E-state index contributed by atoms with van der Waals surface area (Å²) in [5.41, 5.74) is 5.30. The van der Waals surface area contributed by atoms with Gasteiger partial charge < -0.3 is 10.5 Å². The number of anilines is 1. The number of nitrogen functional groups attached to an aromatic ring is 1. The maximum atomic E-state index is 12.7. The highest BCUT2D eigenvalue weighted by molar-refractivity contribution is 6.02. The van der Waals surface area contributed by atoms with E-state index in [1.54, 1.807) is 24.3 Å². The van der Waals surface area contributed by atoms with Gasteiger partial charge in [0.1, 0.15) is 17.7 Å². The van der Waals surface area contributed by atoms with Crippen LogP contribution in [0.2, 0.25) is 0 Å². The maximum absolute atomic E-state index is 12.7. The van der Waals surface area contributed by atoms with E-state index in [1.165, 1.54) is 31.3 Å². The molecular formula is C22H19N3O6. The van der Waals surface area contributed by atoms with Gasteiger partial charge >= 0.3 is 11.7 Å². The van der Waals surface area contributed by atoms with E-state index < -0.39 is 35.2 Å². The number of carbonyl (C=O) groups excluding carboxylic acids is 3. The number of ether oxygens (including phenoxy) is 1. The Labute approximate surface area is 176 Å². The number of Topliss-reactive ketones (excluding diaryl/α,β-unsaturated/α-hetero) is 1. The van der Waals surface area contributed by atoms with Gasteiger partial charge in [0.05, 0.1) is 12.1 Å². The van der Waals surface area contributed by atoms with Crippen molar-refractivity contribution in [3.63, 3.8) is 0 Å². The molecule has 3 aromatic rings. The average Bonchev–Trinajstić information content (AvgIpc) is 2.79. The summed E-state index contributed by atoms with van der Waals surface area (Å²) in [6.45, 7) is -0.681. The molecule has 2 N–H and O–H groups in total. The second-order valence-corrected chi connectivity index (χ2v) is 6.72. The number of rotatable bonds is 7. The van der Waals surface area contributed by atoms with Crippen molar-refractivity contribution < 1.29 is 19.1 Å². The highest BCUT2D eigenvalue weighted by atomic mass is 16.5. The molecule has 158 valence electrons. The van der Waals surface area contributed by atoms with Gasteiger partial charge in [-0.25, -0.2) is 9.59 Å². The molecular weight excluding hydrogens is 402 g/mol. The SMILES string of the molecule is Cn1c(=O)c(C(=O)COC(=O)c2ccc(C=O)cc2)c(N)n(Cc2ccccc2)c1=O. The Morgan fingerprint density at radius 2 is 1.68 bits per heavy atom. The standard InChI is InChI=1S/C22H19N3O6/c1-24-20(28)18(19(23)25(22(24)30)11-14-5-3-2-4-6-14)17(27)13-31-21(29)16-9-7-15(12-26)8-10-16/h2-10,12H,11,13,23H2,1H3. The second kappa shape index (κ2) is 9.04. The number of hydrogen-bond donors (Lipinski definition) is 1. The Morgan fingerprint density at radius 1 is 1.03 bits per heavy atom. The van der Waals surface area contributed by atoms with Crippen LogP contribution in [-0.4, -0.2) is 33.8 Å². The van der Waals surface area contributed by atoms with E-state index in [9.17, 15) is 24.0 Å². The average molecular weight is 421 g/mol. The lowest BCUT2D eigenvalue weighted by Crippen LogP contribution is -2.43. The molecule has 0 aliphatic carbocycles. The zero-order valence-electron chi connectivity index (χ0n) is 16.6. The van der Waals surface area contributed by atoms with Crippen LogP contribution >= 0.6 is 0 Å². The first-order chi connectivity index (χ1) is 14.8. The molecule has 0 spiro atoms. The Bertz CT molecular complexity index is 1260. The Morgan fingerprint density at radius 3 is 2.29 bits per heavy atom. The predicted molar refractivity (Wildman–Crippen MR) is 112 cm³/mol. The minimum Gasteiger partial charge on any atom is -0.454 e. The molecule has 9 heteroatoms. The summed E-state index contributed by atoms with van der Waals surface area (Å²) in [4.78, 5) is 60.5. The van der Waals surface area contributed by atoms with Crippen LogP contribution in [0.25, 0.3) is 0 Å². The third kappa shape index (κ3) is 4.50. The first-order valence-corrected chi connectivity index (χ1v) is 9.22. The molecule has 0 saturated heterocycles. The van der Waals surface area contributed by atoms with Crippen molar-refractivity contribution in [3.05, 3.63) is 97.7 Å². The van der Waals surface area contributed by atoms with Gasteiger partial charge in [0.25, 0.3) is 5.56 Å². The summed E-state index contributed by atoms with van der Waals surface area (Å²) in [7, 11) is 1.24. The molecule has 0 saturated carbocycles. The van der Waals surface area contributed by atoms with Crippen molar-refractivity contribution in [2.24, 2.45) is 7.05 Å². The quantitative estimate of drug-likeness (QED) is 0.342. The van der Waals surface area contributed by atoms with Gasteiger partial charge in [-0.3, -0.25) is 23.5 Å². The summed E-state index contributed by atoms with van der Waals surface area (Å²) >= 11 is 0. The fourth-order valence-corrected chi connectivity index (χ4v) is 2.95. The topological polar surface area (TPSA) is 130 Å². The highest BCUT2D eigenvalue weighted by Crippen LogP contribution is 2.10. The third-order valence-electron chi connectivity index (χ3n) is 4.66. The number of ketones is 1. The monoisotopic (exact) mass is 421 g/mol. The van der Waals surface area contributed by atoms with Crippen molar-refractivity contribution in [1.82, 2.24) is 9.13 Å². The van der Waals surface area contributed by atoms with Crippen LogP contribution in [0.5, 0.6) is 0 Å². The molecule has 3 rings (SSSR count). The Balaban J connectivity index is 1.86. The van der Waals surface area contributed by atoms with Gasteiger partial charge in [-0.15, -0.1) is 0 Å². The molecule has 9 nitrogen and oxygen atoms in total. The van der Waals surface area contributed by atoms with Gasteiger partial charge in [0.2, 0.25) is 5.78 Å². The normalized spacial score (nSPS) is 10.5. The van der Waals surface area contributed by atoms with E-state index in [0.717, 1.165) is 14.7 Å². The molecule has 31 heavy (non-hydrogen) atoms. The van der Waals surface area contributed by atoms with Crippen LogP contribution in [0.3, 0.4) is 0 Å². The maximum Gasteiger partial charge on any atom is 0.338 e. The first kappa shape index (κ1) is 21.4. The molecule has 0 fully saturated rings. The number of carbonyl (C=O) groups is 3. The van der Waals surface area contributed by atoms with Crippen LogP contribution in [-0.2, 0) is 18.3 Å². The van der Waals surface area contributed by atoms with Crippen molar-refractivity contribution >= 4 is 23.9 Å². The molecule has 0 bridgehead atoms. The van der Waals surface area contributed by atoms with E-state index in [2.05, 4.69) is 0 Å². The van der Waals surface area contributed by atoms with E-state index in [4.69, 9.17) is 10.5 Å². The van der Waals surface area contributed by atoms with Crippen LogP contribution in [0.1, 0.15) is 36.6 Å². The fourth-order valence-electron chi connectivity index (χ4n) is 2.95. The molecule has 0 radical (unpaired) electrons. The van der Waals surface area contributed by atoms with Crippen LogP contribution in [0, 0.1) is 0 Å². The molecule has 0 atom stereocenters. The van der Waals surface area contributed by atoms with Crippen molar-refractivity contribution in [2.45, 2.75) is 6.54 Å². The zero-order valence-corrected chi connectivity index (χ0v) is 16.6. The van der Waals surface area contributed by atoms with Crippen molar-refractivity contribution in [2.75, 3.05) is 12.3 Å². The number of aldehydes is 1. The minimum absolute atomic E-state index is 0.0583. The van der Waals surface area contributed by atoms with E-state index in [-0.39, 0.29) is 17.9 Å². The smallest absolute Gasteiger partial charge is 0.338 e. The van der Waals surface area contributed by atoms with Crippen LogP contribution < -0.4 is 17.0 Å². The van der Waals surface area contributed by atoms with E-state index in [0.29, 0.717) is 11.8 Å². The summed E-state index contributed by atoms with van der Waals surface area (Å²) in [5.74, 6) is -1.94. The molecule has 0 aliphatic heterocycles. The number of nitrogens with zero attached hydrogens (tertiary/aromatic N) is 2. The Hall–Kier alpha value is -4.27. The summed E-state index contributed by atoms with van der Waals surface area (Å²) in [6.07, 6.45) is 0.627. The predicted octanol–water partition coefficient (Wildman–Crippen LogP) is 1.03. The minimum atomic E-state index is -0.872. The number of benzene rings is 2. The lowest BCUT2D eigenvalue weighted by Gasteiger charge is -2.14. The third-order valence-corrected chi connectivity index (χ3v) is 4.66. The molecule has 0 unspecified atom stereocenters. The summed E-state index contributed by atoms with van der Waals surface area (Å²) < 4.78 is 6.89. The summed E-state index contributed by atoms with van der Waals surface area (Å²) in [6, 6.07) is 14.5. The van der Waals surface area contributed by atoms with E-state index >= 15 is 0 Å². The van der Waals surface area contributed by atoms with Crippen molar-refractivity contribution in [3.8, 4) is 0 Å². The number of esters is 1. The first-order valence-electron chi connectivity index (χ1n) is 9.22. The van der Waals surface area contributed by atoms with E-state index in [1.807, 2.05) is 6.07 Å². The summed E-state index contributed by atoms with van der Waals surface area (Å²) in [5, 5.41) is 0. The number of aromatic nitrogens is 2. The van der Waals surface area contributed by atoms with Crippen LogP contribution in [0.4, 0.5) is 5.82 Å². The Kier molecular flexibility index (Phi) is 6.25.